The minimum Gasteiger partial charge on any atom is -0.383 e. The fraction of sp³-hybridized carbons (Fsp3) is 0.200. The van der Waals surface area contributed by atoms with Gasteiger partial charge in [0.15, 0.2) is 11.6 Å². The van der Waals surface area contributed by atoms with E-state index < -0.39 is 0 Å². The van der Waals surface area contributed by atoms with Crippen molar-refractivity contribution in [3.8, 4) is 0 Å². The number of ketones is 2. The van der Waals surface area contributed by atoms with Crippen LogP contribution in [-0.4, -0.2) is 27.1 Å². The molecule has 2 aromatic carbocycles. The zero-order valence-corrected chi connectivity index (χ0v) is 15.6. The minimum absolute atomic E-state index is 0.174. The van der Waals surface area contributed by atoms with E-state index >= 15 is 0 Å². The van der Waals surface area contributed by atoms with Gasteiger partial charge in [-0.05, 0) is 18.6 Å². The molecule has 0 saturated carbocycles. The highest BCUT2D eigenvalue weighted by molar-refractivity contribution is 7.94. The maximum Gasteiger partial charge on any atom is 0.318 e. The number of aromatic nitrogens is 2. The summed E-state index contributed by atoms with van der Waals surface area (Å²) in [6.07, 6.45) is 1.03. The summed E-state index contributed by atoms with van der Waals surface area (Å²) in [6, 6.07) is 10.2. The van der Waals surface area contributed by atoms with Crippen molar-refractivity contribution < 1.29 is 18.6 Å². The number of hydrogen-bond donors (Lipinski definition) is 0. The van der Waals surface area contributed by atoms with Crippen LogP contribution in [0.1, 0.15) is 51.6 Å². The third-order valence-corrected chi connectivity index (χ3v) is 5.33. The van der Waals surface area contributed by atoms with E-state index in [2.05, 4.69) is 4.98 Å². The first kappa shape index (κ1) is 17.5. The Labute approximate surface area is 159 Å². The summed E-state index contributed by atoms with van der Waals surface area (Å²) in [6.45, 7) is 1.90. The molecule has 0 bridgehead atoms. The van der Waals surface area contributed by atoms with Gasteiger partial charge in [0.05, 0.1) is 16.6 Å². The fourth-order valence-electron chi connectivity index (χ4n) is 3.27. The number of rotatable bonds is 4. The van der Waals surface area contributed by atoms with Crippen molar-refractivity contribution in [2.24, 2.45) is 7.05 Å². The highest BCUT2D eigenvalue weighted by Gasteiger charge is 2.32. The van der Waals surface area contributed by atoms with Gasteiger partial charge >= 0.3 is 5.97 Å². The van der Waals surface area contributed by atoms with E-state index in [1.54, 1.807) is 48.0 Å². The predicted molar refractivity (Wildman–Crippen MR) is 101 cm³/mol. The van der Waals surface area contributed by atoms with Crippen molar-refractivity contribution in [3.63, 3.8) is 0 Å². The van der Waals surface area contributed by atoms with Crippen LogP contribution in [0.4, 0.5) is 0 Å². The van der Waals surface area contributed by atoms with Crippen molar-refractivity contribution in [1.82, 2.24) is 9.55 Å². The second-order valence-electron chi connectivity index (χ2n) is 6.30. The standard InChI is InChI=1S/C20H16N2O4S/c1-3-6-15(23)26-27-20-21-14-10-9-13-16(17(14)22(20)2)19(25)12-8-5-4-7-11(12)18(13)24/h4-5,7-10H,3,6H2,1-2H3. The van der Waals surface area contributed by atoms with E-state index in [1.807, 2.05) is 6.92 Å². The lowest BCUT2D eigenvalue weighted by Gasteiger charge is -2.18. The third-order valence-electron chi connectivity index (χ3n) is 4.55. The van der Waals surface area contributed by atoms with Crippen LogP contribution in [0.5, 0.6) is 0 Å². The Morgan fingerprint density at radius 3 is 2.48 bits per heavy atom. The van der Waals surface area contributed by atoms with Crippen LogP contribution >= 0.6 is 12.0 Å². The first-order chi connectivity index (χ1) is 13.0. The summed E-state index contributed by atoms with van der Waals surface area (Å²) in [7, 11) is 1.74. The van der Waals surface area contributed by atoms with E-state index in [-0.39, 0.29) is 17.5 Å². The molecule has 0 aliphatic heterocycles. The van der Waals surface area contributed by atoms with Crippen LogP contribution in [0.15, 0.2) is 41.6 Å². The number of hydrogen-bond acceptors (Lipinski definition) is 6. The molecule has 0 atom stereocenters. The summed E-state index contributed by atoms with van der Waals surface area (Å²) in [4.78, 5) is 42.0. The number of carbonyl (C=O) groups is 3. The molecule has 27 heavy (non-hydrogen) atoms. The molecule has 4 rings (SSSR count). The molecule has 0 unspecified atom stereocenters. The Morgan fingerprint density at radius 1 is 1.07 bits per heavy atom. The molecule has 1 aliphatic carbocycles. The predicted octanol–water partition coefficient (Wildman–Crippen LogP) is 3.70. The van der Waals surface area contributed by atoms with Gasteiger partial charge in [0.25, 0.3) is 0 Å². The summed E-state index contributed by atoms with van der Waals surface area (Å²) in [5.74, 6) is -0.697. The summed E-state index contributed by atoms with van der Waals surface area (Å²) < 4.78 is 6.86. The molecule has 3 aromatic rings. The Bertz CT molecular complexity index is 1120. The first-order valence-electron chi connectivity index (χ1n) is 8.58. The maximum atomic E-state index is 13.1. The molecular weight excluding hydrogens is 364 g/mol. The second-order valence-corrected chi connectivity index (χ2v) is 7.00. The van der Waals surface area contributed by atoms with Gasteiger partial charge in [-0.1, -0.05) is 31.2 Å². The van der Waals surface area contributed by atoms with Gasteiger partial charge in [0.2, 0.25) is 5.16 Å². The number of imidazole rings is 1. The maximum absolute atomic E-state index is 13.1. The van der Waals surface area contributed by atoms with Crippen molar-refractivity contribution in [2.45, 2.75) is 24.9 Å². The number of aryl methyl sites for hydroxylation is 1. The van der Waals surface area contributed by atoms with Gasteiger partial charge in [-0.15, -0.1) is 0 Å². The molecule has 0 amide bonds. The lowest BCUT2D eigenvalue weighted by molar-refractivity contribution is -0.133. The number of carbonyl (C=O) groups excluding carboxylic acids is 3. The Morgan fingerprint density at radius 2 is 1.78 bits per heavy atom. The number of benzene rings is 2. The molecule has 1 aromatic heterocycles. The van der Waals surface area contributed by atoms with Crippen LogP contribution < -0.4 is 0 Å². The van der Waals surface area contributed by atoms with Crippen LogP contribution in [0.25, 0.3) is 11.0 Å². The lowest BCUT2D eigenvalue weighted by atomic mass is 9.83. The molecule has 0 fully saturated rings. The molecule has 0 spiro atoms. The van der Waals surface area contributed by atoms with E-state index in [4.69, 9.17) is 4.18 Å². The average Bonchev–Trinajstić information content (AvgIpc) is 3.00. The fourth-order valence-corrected chi connectivity index (χ4v) is 3.86. The Hall–Kier alpha value is -2.93. The van der Waals surface area contributed by atoms with Crippen molar-refractivity contribution in [3.05, 3.63) is 58.7 Å². The van der Waals surface area contributed by atoms with E-state index in [1.165, 1.54) is 0 Å². The zero-order chi connectivity index (χ0) is 19.1. The average molecular weight is 380 g/mol. The highest BCUT2D eigenvalue weighted by atomic mass is 32.2. The molecule has 136 valence electrons. The molecule has 1 heterocycles. The van der Waals surface area contributed by atoms with Crippen LogP contribution in [0, 0.1) is 0 Å². The van der Waals surface area contributed by atoms with Crippen molar-refractivity contribution in [2.75, 3.05) is 0 Å². The number of nitrogens with zero attached hydrogens (tertiary/aromatic N) is 2. The van der Waals surface area contributed by atoms with Crippen LogP contribution in [0.2, 0.25) is 0 Å². The molecule has 0 N–H and O–H groups in total. The van der Waals surface area contributed by atoms with Gasteiger partial charge in [-0.3, -0.25) is 14.4 Å². The van der Waals surface area contributed by atoms with E-state index in [0.717, 1.165) is 12.0 Å². The molecular formula is C20H16N2O4S. The molecule has 1 aliphatic rings. The minimum atomic E-state index is -0.322. The Balaban J connectivity index is 1.82. The zero-order valence-electron chi connectivity index (χ0n) is 14.8. The molecule has 0 saturated heterocycles. The lowest BCUT2D eigenvalue weighted by Crippen LogP contribution is -2.21. The third kappa shape index (κ3) is 2.75. The number of fused-ring (bicyclic) bond motifs is 4. The summed E-state index contributed by atoms with van der Waals surface area (Å²) >= 11 is 0.865. The summed E-state index contributed by atoms with van der Waals surface area (Å²) in [5, 5.41) is 0.446. The molecule has 0 radical (unpaired) electrons. The SMILES string of the molecule is CCCC(=O)OSc1nc2ccc3c(c2n1C)C(=O)c1ccccc1C3=O. The van der Waals surface area contributed by atoms with Gasteiger partial charge in [0, 0.05) is 30.2 Å². The van der Waals surface area contributed by atoms with Crippen LogP contribution in [-0.2, 0) is 16.0 Å². The largest absolute Gasteiger partial charge is 0.383 e. The van der Waals surface area contributed by atoms with E-state index in [9.17, 15) is 14.4 Å². The Kier molecular flexibility index (Phi) is 4.31. The topological polar surface area (TPSA) is 78.3 Å². The van der Waals surface area contributed by atoms with E-state index in [0.29, 0.717) is 51.3 Å². The summed E-state index contributed by atoms with van der Waals surface area (Å²) in [5.41, 5.74) is 2.67. The van der Waals surface area contributed by atoms with Crippen molar-refractivity contribution in [1.29, 1.82) is 0 Å². The monoisotopic (exact) mass is 380 g/mol. The van der Waals surface area contributed by atoms with Gasteiger partial charge in [0.1, 0.15) is 12.0 Å². The van der Waals surface area contributed by atoms with Crippen LogP contribution in [0.3, 0.4) is 0 Å². The molecule has 7 heteroatoms. The smallest absolute Gasteiger partial charge is 0.318 e. The van der Waals surface area contributed by atoms with Crippen molar-refractivity contribution >= 4 is 40.6 Å². The van der Waals surface area contributed by atoms with Gasteiger partial charge in [-0.25, -0.2) is 4.98 Å². The quantitative estimate of drug-likeness (QED) is 0.502. The van der Waals surface area contributed by atoms with Gasteiger partial charge in [-0.2, -0.15) is 0 Å². The van der Waals surface area contributed by atoms with Gasteiger partial charge < -0.3 is 8.75 Å². The molecule has 6 nitrogen and oxygen atoms in total. The second kappa shape index (κ2) is 6.66. The first-order valence-corrected chi connectivity index (χ1v) is 9.32. The highest BCUT2D eigenvalue weighted by Crippen LogP contribution is 2.34. The normalized spacial score (nSPS) is 12.8.